The van der Waals surface area contributed by atoms with Crippen LogP contribution in [-0.4, -0.2) is 15.0 Å². The monoisotopic (exact) mass is 299 g/mol. The van der Waals surface area contributed by atoms with E-state index in [0.717, 1.165) is 24.0 Å². The number of alkyl halides is 1. The standard InChI is InChI=1S/C13H22BrN3/c1-4-12(14)13-8-17(16-15-13)11-6-9(2)5-10(3)7-11/h8-12H,4-7H2,1-3H3. The van der Waals surface area contributed by atoms with Crippen LogP contribution in [0.25, 0.3) is 0 Å². The first-order chi connectivity index (χ1) is 8.10. The molecule has 17 heavy (non-hydrogen) atoms. The Bertz CT molecular complexity index is 353. The third-order valence-corrected chi connectivity index (χ3v) is 4.85. The second kappa shape index (κ2) is 5.51. The van der Waals surface area contributed by atoms with E-state index in [9.17, 15) is 0 Å². The van der Waals surface area contributed by atoms with Crippen LogP contribution in [0.2, 0.25) is 0 Å². The second-order valence-electron chi connectivity index (χ2n) is 5.57. The molecule has 0 bridgehead atoms. The fourth-order valence-corrected chi connectivity index (χ4v) is 3.15. The van der Waals surface area contributed by atoms with Gasteiger partial charge in [-0.25, -0.2) is 4.68 Å². The molecule has 1 saturated carbocycles. The highest BCUT2D eigenvalue weighted by Gasteiger charge is 2.26. The molecule has 3 atom stereocenters. The Labute approximate surface area is 112 Å². The summed E-state index contributed by atoms with van der Waals surface area (Å²) in [5.41, 5.74) is 1.07. The highest BCUT2D eigenvalue weighted by atomic mass is 79.9. The molecule has 0 aliphatic heterocycles. The van der Waals surface area contributed by atoms with Crippen LogP contribution in [0.1, 0.15) is 63.0 Å². The summed E-state index contributed by atoms with van der Waals surface area (Å²) in [4.78, 5) is 0.342. The molecule has 0 saturated heterocycles. The fourth-order valence-electron chi connectivity index (χ4n) is 2.94. The Morgan fingerprint density at radius 1 is 1.35 bits per heavy atom. The van der Waals surface area contributed by atoms with Gasteiger partial charge in [-0.15, -0.1) is 5.10 Å². The summed E-state index contributed by atoms with van der Waals surface area (Å²) >= 11 is 3.63. The van der Waals surface area contributed by atoms with Gasteiger partial charge in [-0.2, -0.15) is 0 Å². The van der Waals surface area contributed by atoms with Gasteiger partial charge in [0.25, 0.3) is 0 Å². The Morgan fingerprint density at radius 2 is 2.00 bits per heavy atom. The average molecular weight is 300 g/mol. The normalized spacial score (nSPS) is 31.4. The molecule has 3 unspecified atom stereocenters. The van der Waals surface area contributed by atoms with Crippen LogP contribution in [0.4, 0.5) is 0 Å². The quantitative estimate of drug-likeness (QED) is 0.786. The third kappa shape index (κ3) is 3.09. The topological polar surface area (TPSA) is 30.7 Å². The van der Waals surface area contributed by atoms with E-state index in [1.54, 1.807) is 0 Å². The van der Waals surface area contributed by atoms with Crippen molar-refractivity contribution in [1.29, 1.82) is 0 Å². The largest absolute Gasteiger partial charge is 0.249 e. The van der Waals surface area contributed by atoms with E-state index < -0.39 is 0 Å². The Hall–Kier alpha value is -0.380. The lowest BCUT2D eigenvalue weighted by atomic mass is 9.80. The first-order valence-electron chi connectivity index (χ1n) is 6.66. The summed E-state index contributed by atoms with van der Waals surface area (Å²) in [6.45, 7) is 6.85. The van der Waals surface area contributed by atoms with Crippen LogP contribution in [0, 0.1) is 11.8 Å². The lowest BCUT2D eigenvalue weighted by molar-refractivity contribution is 0.208. The third-order valence-electron chi connectivity index (χ3n) is 3.74. The molecule has 96 valence electrons. The SMILES string of the molecule is CCC(Br)c1cn(C2CC(C)CC(C)C2)nn1. The number of hydrogen-bond acceptors (Lipinski definition) is 2. The molecular weight excluding hydrogens is 278 g/mol. The van der Waals surface area contributed by atoms with Crippen LogP contribution in [0.5, 0.6) is 0 Å². The van der Waals surface area contributed by atoms with E-state index in [0.29, 0.717) is 10.9 Å². The van der Waals surface area contributed by atoms with Gasteiger partial charge in [0.2, 0.25) is 0 Å². The van der Waals surface area contributed by atoms with Crippen molar-refractivity contribution in [3.8, 4) is 0 Å². The summed E-state index contributed by atoms with van der Waals surface area (Å²) in [6, 6.07) is 0.548. The maximum atomic E-state index is 4.31. The minimum atomic E-state index is 0.342. The molecule has 0 aromatic carbocycles. The van der Waals surface area contributed by atoms with Crippen molar-refractivity contribution >= 4 is 15.9 Å². The molecule has 0 radical (unpaired) electrons. The predicted octanol–water partition coefficient (Wildman–Crippen LogP) is 4.12. The van der Waals surface area contributed by atoms with Gasteiger partial charge < -0.3 is 0 Å². The zero-order chi connectivity index (χ0) is 12.4. The van der Waals surface area contributed by atoms with Crippen LogP contribution in [0.3, 0.4) is 0 Å². The predicted molar refractivity (Wildman–Crippen MR) is 73.2 cm³/mol. The lowest BCUT2D eigenvalue weighted by Gasteiger charge is -2.31. The molecule has 4 heteroatoms. The van der Waals surface area contributed by atoms with Crippen molar-refractivity contribution in [2.75, 3.05) is 0 Å². The minimum absolute atomic E-state index is 0.342. The van der Waals surface area contributed by atoms with Crippen LogP contribution >= 0.6 is 15.9 Å². The molecular formula is C13H22BrN3. The molecule has 1 aliphatic rings. The van der Waals surface area contributed by atoms with E-state index in [-0.39, 0.29) is 0 Å². The van der Waals surface area contributed by atoms with Gasteiger partial charge in [-0.05, 0) is 37.5 Å². The van der Waals surface area contributed by atoms with E-state index in [4.69, 9.17) is 0 Å². The van der Waals surface area contributed by atoms with Gasteiger partial charge in [0, 0.05) is 6.20 Å². The number of aromatic nitrogens is 3. The average Bonchev–Trinajstić information content (AvgIpc) is 2.76. The van der Waals surface area contributed by atoms with Crippen molar-refractivity contribution in [3.05, 3.63) is 11.9 Å². The number of nitrogens with zero attached hydrogens (tertiary/aromatic N) is 3. The Kier molecular flexibility index (Phi) is 4.23. The van der Waals surface area contributed by atoms with E-state index in [1.165, 1.54) is 19.3 Å². The number of hydrogen-bond donors (Lipinski definition) is 0. The zero-order valence-corrected chi connectivity index (χ0v) is 12.5. The summed E-state index contributed by atoms with van der Waals surface area (Å²) < 4.78 is 2.09. The van der Waals surface area contributed by atoms with Crippen molar-refractivity contribution in [2.24, 2.45) is 11.8 Å². The molecule has 1 aromatic rings. The molecule has 0 N–H and O–H groups in total. The van der Waals surface area contributed by atoms with Crippen molar-refractivity contribution < 1.29 is 0 Å². The van der Waals surface area contributed by atoms with Crippen molar-refractivity contribution in [1.82, 2.24) is 15.0 Å². The van der Waals surface area contributed by atoms with Crippen LogP contribution < -0.4 is 0 Å². The zero-order valence-electron chi connectivity index (χ0n) is 10.9. The molecule has 2 rings (SSSR count). The molecule has 1 aromatic heterocycles. The van der Waals surface area contributed by atoms with Gasteiger partial charge in [0.15, 0.2) is 0 Å². The van der Waals surface area contributed by atoms with E-state index >= 15 is 0 Å². The van der Waals surface area contributed by atoms with Gasteiger partial charge >= 0.3 is 0 Å². The van der Waals surface area contributed by atoms with Gasteiger partial charge in [0.05, 0.1) is 16.6 Å². The summed E-state index contributed by atoms with van der Waals surface area (Å²) in [5.74, 6) is 1.62. The molecule has 1 fully saturated rings. The Morgan fingerprint density at radius 3 is 2.59 bits per heavy atom. The number of halogens is 1. The molecule has 1 aliphatic carbocycles. The Balaban J connectivity index is 2.09. The molecule has 1 heterocycles. The summed E-state index contributed by atoms with van der Waals surface area (Å²) in [5, 5.41) is 8.59. The maximum Gasteiger partial charge on any atom is 0.0963 e. The maximum absolute atomic E-state index is 4.31. The van der Waals surface area contributed by atoms with Crippen molar-refractivity contribution in [3.63, 3.8) is 0 Å². The fraction of sp³-hybridized carbons (Fsp3) is 0.846. The highest BCUT2D eigenvalue weighted by molar-refractivity contribution is 9.09. The smallest absolute Gasteiger partial charge is 0.0963 e. The van der Waals surface area contributed by atoms with E-state index in [2.05, 4.69) is 57.9 Å². The highest BCUT2D eigenvalue weighted by Crippen LogP contribution is 2.36. The van der Waals surface area contributed by atoms with Crippen LogP contribution in [-0.2, 0) is 0 Å². The first-order valence-corrected chi connectivity index (χ1v) is 7.57. The lowest BCUT2D eigenvalue weighted by Crippen LogP contribution is -2.23. The molecule has 3 nitrogen and oxygen atoms in total. The second-order valence-corrected chi connectivity index (χ2v) is 6.68. The van der Waals surface area contributed by atoms with Crippen molar-refractivity contribution in [2.45, 2.75) is 57.3 Å². The van der Waals surface area contributed by atoms with Gasteiger partial charge in [-0.3, -0.25) is 0 Å². The molecule has 0 spiro atoms. The number of rotatable bonds is 3. The summed E-state index contributed by atoms with van der Waals surface area (Å²) in [6.07, 6.45) is 7.01. The van der Waals surface area contributed by atoms with E-state index in [1.807, 2.05) is 0 Å². The first kappa shape index (κ1) is 13.1. The van der Waals surface area contributed by atoms with Crippen LogP contribution in [0.15, 0.2) is 6.20 Å². The van der Waals surface area contributed by atoms with Gasteiger partial charge in [0.1, 0.15) is 0 Å². The summed E-state index contributed by atoms with van der Waals surface area (Å²) in [7, 11) is 0. The van der Waals surface area contributed by atoms with Gasteiger partial charge in [-0.1, -0.05) is 41.9 Å². The molecule has 0 amide bonds. The minimum Gasteiger partial charge on any atom is -0.249 e.